The number of hydrogen-bond acceptors (Lipinski definition) is 5. The number of hydrogen-bond donors (Lipinski definition) is 0. The molecule has 1 aliphatic heterocycles. The molecule has 0 amide bonds. The first kappa shape index (κ1) is 34.6. The van der Waals surface area contributed by atoms with Crippen molar-refractivity contribution in [1.82, 2.24) is 0 Å². The van der Waals surface area contributed by atoms with Crippen molar-refractivity contribution in [2.75, 3.05) is 0 Å². The van der Waals surface area contributed by atoms with Crippen molar-refractivity contribution in [3.8, 4) is 5.75 Å². The van der Waals surface area contributed by atoms with Crippen LogP contribution in [0, 0.1) is 6.92 Å². The van der Waals surface area contributed by atoms with Crippen LogP contribution in [-0.2, 0) is 76.6 Å². The first-order valence-corrected chi connectivity index (χ1v) is 19.6. The molecule has 1 heterocycles. The van der Waals surface area contributed by atoms with Gasteiger partial charge in [0.1, 0.15) is 12.4 Å². The first-order valence-electron chi connectivity index (χ1n) is 17.5. The van der Waals surface area contributed by atoms with Gasteiger partial charge in [0.15, 0.2) is 5.60 Å². The Kier molecular flexibility index (Phi) is 10.5. The van der Waals surface area contributed by atoms with Crippen LogP contribution >= 0.6 is 0 Å². The van der Waals surface area contributed by atoms with E-state index in [9.17, 15) is 4.79 Å². The van der Waals surface area contributed by atoms with E-state index >= 15 is 0 Å². The van der Waals surface area contributed by atoms with Gasteiger partial charge in [-0.3, -0.25) is 0 Å². The van der Waals surface area contributed by atoms with Crippen molar-refractivity contribution in [2.24, 2.45) is 0 Å². The van der Waals surface area contributed by atoms with E-state index in [-0.39, 0.29) is 24.4 Å². The summed E-state index contributed by atoms with van der Waals surface area (Å²) in [7, 11) is 0. The van der Waals surface area contributed by atoms with E-state index in [1.165, 1.54) is 60.0 Å². The predicted molar refractivity (Wildman–Crippen MR) is 194 cm³/mol. The quantitative estimate of drug-likeness (QED) is 0.0889. The van der Waals surface area contributed by atoms with Crippen LogP contribution in [0.25, 0.3) is 10.8 Å². The Hall–Kier alpha value is -3.86. The summed E-state index contributed by atoms with van der Waals surface area (Å²) in [4.78, 5) is 27.4. The number of carbonyl (C=O) groups is 1. The van der Waals surface area contributed by atoms with Crippen molar-refractivity contribution in [2.45, 2.75) is 82.4 Å². The molecule has 0 saturated heterocycles. The Bertz CT molecular complexity index is 1990. The third-order valence-electron chi connectivity index (χ3n) is 10.5. The van der Waals surface area contributed by atoms with Crippen LogP contribution in [0.5, 0.6) is 5.75 Å². The SMILES string of the molecule is [CH2-]C(=O)Cc1ccc2cc(COO[C@@](C)(c3ccccc3)C3Oc4ccc5c(c4[C@H]4c6ccccc6CCC4O3)CCCC5)ccc2c1.[CH2]=[W]. The minimum absolute atomic E-state index is 0.0737. The van der Waals surface area contributed by atoms with Crippen LogP contribution in [0.4, 0.5) is 0 Å². The van der Waals surface area contributed by atoms with Crippen LogP contribution in [0.1, 0.15) is 76.6 Å². The van der Waals surface area contributed by atoms with Gasteiger partial charge >= 0.3 is 24.3 Å². The molecule has 2 unspecified atom stereocenters. The Morgan fingerprint density at radius 3 is 2.38 bits per heavy atom. The van der Waals surface area contributed by atoms with Gasteiger partial charge in [0, 0.05) is 23.7 Å². The number of rotatable bonds is 8. The summed E-state index contributed by atoms with van der Waals surface area (Å²) in [6, 6.07) is 35.6. The van der Waals surface area contributed by atoms with Crippen molar-refractivity contribution in [3.05, 3.63) is 155 Å². The standard InChI is InChI=1S/C43H41O5.CH2.W/c1-28(44)24-29-16-18-34-26-30(17-19-33(34)25-29)27-45-48-43(2,35-12-4-3-5-13-35)42-46-38-22-20-31-10-6-8-14-36(31)40(38)41-37-15-9-7-11-32(37)21-23-39(41)47-42;;/h3-6,8,10,12-14,16-19,21,23,25-26,38,40,42H,1,7,9,11,15,20,22,24,27H2,2H3;1H2;/q-1;;/t38?,40-,42?,43-;;/m0../s1. The van der Waals surface area contributed by atoms with E-state index in [0.717, 1.165) is 58.9 Å². The second kappa shape index (κ2) is 15.2. The van der Waals surface area contributed by atoms with Crippen molar-refractivity contribution < 1.29 is 43.4 Å². The van der Waals surface area contributed by atoms with Gasteiger partial charge in [0.25, 0.3) is 0 Å². The molecule has 5 aromatic carbocycles. The number of aryl methyl sites for hydroxylation is 2. The van der Waals surface area contributed by atoms with E-state index in [4.69, 9.17) is 19.2 Å². The second-order valence-corrected chi connectivity index (χ2v) is 13.7. The molecule has 0 bridgehead atoms. The maximum absolute atomic E-state index is 11.5. The molecule has 256 valence electrons. The van der Waals surface area contributed by atoms with Crippen LogP contribution in [0.15, 0.2) is 103 Å². The fraction of sp³-hybridized carbons (Fsp3) is 0.295. The molecule has 4 atom stereocenters. The fourth-order valence-corrected chi connectivity index (χ4v) is 8.03. The average Bonchev–Trinajstić information content (AvgIpc) is 3.33. The average molecular weight is 836 g/mol. The van der Waals surface area contributed by atoms with Gasteiger partial charge in [-0.25, -0.2) is 9.78 Å². The van der Waals surface area contributed by atoms with Crippen molar-refractivity contribution >= 4 is 21.5 Å². The number of ketones is 1. The van der Waals surface area contributed by atoms with Crippen LogP contribution in [0.3, 0.4) is 0 Å². The van der Waals surface area contributed by atoms with Gasteiger partial charge in [0.05, 0.1) is 6.10 Å². The molecular formula is C44H43O5W-. The molecule has 3 aliphatic rings. The Labute approximate surface area is 306 Å². The Balaban J connectivity index is 0.00000193. The van der Waals surface area contributed by atoms with E-state index in [0.29, 0.717) is 6.42 Å². The summed E-state index contributed by atoms with van der Waals surface area (Å²) in [5.74, 6) is 0.880. The fourth-order valence-electron chi connectivity index (χ4n) is 8.03. The van der Waals surface area contributed by atoms with Crippen LogP contribution < -0.4 is 4.74 Å². The summed E-state index contributed by atoms with van der Waals surface area (Å²) in [5, 5.41) is 2.14. The van der Waals surface area contributed by atoms with Gasteiger partial charge in [-0.15, -0.1) is 0 Å². The zero-order chi connectivity index (χ0) is 34.7. The van der Waals surface area contributed by atoms with Crippen LogP contribution in [0.2, 0.25) is 0 Å². The van der Waals surface area contributed by atoms with E-state index in [1.54, 1.807) is 0 Å². The van der Waals surface area contributed by atoms with E-state index < -0.39 is 11.9 Å². The zero-order valence-corrected chi connectivity index (χ0v) is 31.5. The second-order valence-electron chi connectivity index (χ2n) is 13.7. The first-order chi connectivity index (χ1) is 24.5. The zero-order valence-electron chi connectivity index (χ0n) is 28.6. The third kappa shape index (κ3) is 6.90. The predicted octanol–water partition coefficient (Wildman–Crippen LogP) is 8.88. The molecule has 0 aromatic heterocycles. The molecule has 6 heteroatoms. The minimum atomic E-state index is -1.08. The molecular weight excluding hydrogens is 792 g/mol. The molecule has 5 nitrogen and oxygen atoms in total. The van der Waals surface area contributed by atoms with Crippen molar-refractivity contribution in [1.29, 1.82) is 0 Å². The van der Waals surface area contributed by atoms with E-state index in [1.807, 2.05) is 61.5 Å². The van der Waals surface area contributed by atoms with Gasteiger partial charge < -0.3 is 21.2 Å². The van der Waals surface area contributed by atoms with Crippen LogP contribution in [-0.4, -0.2) is 23.1 Å². The number of Topliss-reactive ketones (excluding diaryl/α,β-unsaturated/α-hetero) is 1. The van der Waals surface area contributed by atoms with Gasteiger partial charge in [-0.1, -0.05) is 91.0 Å². The molecule has 0 saturated carbocycles. The van der Waals surface area contributed by atoms with Gasteiger partial charge in [0.2, 0.25) is 6.29 Å². The monoisotopic (exact) mass is 835 g/mol. The number of benzene rings is 5. The molecule has 8 rings (SSSR count). The summed E-state index contributed by atoms with van der Waals surface area (Å²) in [6.45, 7) is 5.76. The molecule has 0 N–H and O–H groups in total. The summed E-state index contributed by atoms with van der Waals surface area (Å²) in [6.07, 6.45) is 5.95. The number of carbonyl (C=O) groups excluding carboxylic acids is 1. The molecule has 0 radical (unpaired) electrons. The molecule has 0 fully saturated rings. The van der Waals surface area contributed by atoms with E-state index in [2.05, 4.69) is 60.4 Å². The Morgan fingerprint density at radius 1 is 0.860 bits per heavy atom. The van der Waals surface area contributed by atoms with Gasteiger partial charge in [-0.2, -0.15) is 0 Å². The summed E-state index contributed by atoms with van der Waals surface area (Å²) >= 11 is 1.33. The van der Waals surface area contributed by atoms with Gasteiger partial charge in [-0.05, 0) is 107 Å². The number of ether oxygens (including phenoxy) is 2. The van der Waals surface area contributed by atoms with Crippen molar-refractivity contribution in [3.63, 3.8) is 0 Å². The summed E-state index contributed by atoms with van der Waals surface area (Å²) < 4.78 is 14.1. The number of fused-ring (bicyclic) bond motifs is 8. The molecule has 0 spiro atoms. The normalized spacial score (nSPS) is 20.3. The topological polar surface area (TPSA) is 54.0 Å². The summed E-state index contributed by atoms with van der Waals surface area (Å²) in [5.41, 5.74) is 8.69. The molecule has 2 aliphatic carbocycles. The molecule has 50 heavy (non-hydrogen) atoms. The maximum atomic E-state index is 11.5. The Morgan fingerprint density at radius 2 is 1.58 bits per heavy atom. The molecule has 5 aromatic rings. The third-order valence-corrected chi connectivity index (χ3v) is 10.5.